The Kier molecular flexibility index (Phi) is 5.25. The van der Waals surface area contributed by atoms with Crippen molar-refractivity contribution in [1.82, 2.24) is 4.90 Å². The molecule has 104 valence electrons. The Morgan fingerprint density at radius 2 is 2.11 bits per heavy atom. The molecule has 0 bridgehead atoms. The van der Waals surface area contributed by atoms with Gasteiger partial charge in [-0.1, -0.05) is 27.5 Å². The van der Waals surface area contributed by atoms with Gasteiger partial charge in [0.1, 0.15) is 0 Å². The predicted octanol–water partition coefficient (Wildman–Crippen LogP) is 3.79. The van der Waals surface area contributed by atoms with E-state index in [1.165, 1.54) is 0 Å². The van der Waals surface area contributed by atoms with Crippen molar-refractivity contribution in [3.05, 3.63) is 33.3 Å². The minimum absolute atomic E-state index is 0.297. The summed E-state index contributed by atoms with van der Waals surface area (Å²) in [6.07, 6.45) is 2.21. The largest absolute Gasteiger partial charge is 0.481 e. The van der Waals surface area contributed by atoms with Crippen molar-refractivity contribution in [2.24, 2.45) is 5.92 Å². The summed E-state index contributed by atoms with van der Waals surface area (Å²) in [5.74, 6) is -0.361. The summed E-state index contributed by atoms with van der Waals surface area (Å²) in [5.41, 5.74) is 1.12. The molecule has 1 aliphatic rings. The van der Waals surface area contributed by atoms with E-state index in [2.05, 4.69) is 20.8 Å². The van der Waals surface area contributed by atoms with Crippen molar-refractivity contribution < 1.29 is 9.90 Å². The highest BCUT2D eigenvalue weighted by Gasteiger charge is 2.21. The van der Waals surface area contributed by atoms with E-state index < -0.39 is 5.97 Å². The molecule has 1 saturated heterocycles. The highest BCUT2D eigenvalue weighted by molar-refractivity contribution is 9.10. The quantitative estimate of drug-likeness (QED) is 0.902. The molecule has 1 N–H and O–H groups in total. The number of carboxylic acids is 1. The van der Waals surface area contributed by atoms with Gasteiger partial charge in [-0.15, -0.1) is 0 Å². The standard InChI is InChI=1S/C14H17BrClNO2/c15-12-1-2-13(16)11(8-12)9-17-5-3-10(4-6-17)7-14(18)19/h1-2,8,10H,3-7,9H2,(H,18,19). The van der Waals surface area contributed by atoms with E-state index in [4.69, 9.17) is 16.7 Å². The van der Waals surface area contributed by atoms with Crippen LogP contribution in [-0.2, 0) is 11.3 Å². The van der Waals surface area contributed by atoms with Crippen LogP contribution in [0.4, 0.5) is 0 Å². The molecule has 5 heteroatoms. The van der Waals surface area contributed by atoms with Crippen LogP contribution >= 0.6 is 27.5 Å². The van der Waals surface area contributed by atoms with Gasteiger partial charge >= 0.3 is 5.97 Å². The molecule has 1 heterocycles. The fourth-order valence-electron chi connectivity index (χ4n) is 2.50. The van der Waals surface area contributed by atoms with Crippen LogP contribution in [0.2, 0.25) is 5.02 Å². The SMILES string of the molecule is O=C(O)CC1CCN(Cc2cc(Br)ccc2Cl)CC1. The van der Waals surface area contributed by atoms with E-state index >= 15 is 0 Å². The molecule has 2 rings (SSSR count). The number of likely N-dealkylation sites (tertiary alicyclic amines) is 1. The molecule has 0 aliphatic carbocycles. The van der Waals surface area contributed by atoms with Crippen molar-refractivity contribution >= 4 is 33.5 Å². The second-order valence-electron chi connectivity index (χ2n) is 5.05. The van der Waals surface area contributed by atoms with E-state index in [9.17, 15) is 4.79 Å². The molecule has 1 fully saturated rings. The fraction of sp³-hybridized carbons (Fsp3) is 0.500. The number of hydrogen-bond donors (Lipinski definition) is 1. The number of rotatable bonds is 4. The van der Waals surface area contributed by atoms with Crippen LogP contribution in [0.5, 0.6) is 0 Å². The topological polar surface area (TPSA) is 40.5 Å². The zero-order valence-corrected chi connectivity index (χ0v) is 13.0. The van der Waals surface area contributed by atoms with Gasteiger partial charge in [-0.3, -0.25) is 9.69 Å². The maximum absolute atomic E-state index is 10.7. The minimum Gasteiger partial charge on any atom is -0.481 e. The molecular weight excluding hydrogens is 330 g/mol. The number of carbonyl (C=O) groups is 1. The number of hydrogen-bond acceptors (Lipinski definition) is 2. The first-order valence-corrected chi connectivity index (χ1v) is 7.60. The van der Waals surface area contributed by atoms with Crippen molar-refractivity contribution in [3.63, 3.8) is 0 Å². The Balaban J connectivity index is 1.88. The second-order valence-corrected chi connectivity index (χ2v) is 6.38. The van der Waals surface area contributed by atoms with Gasteiger partial charge in [-0.25, -0.2) is 0 Å². The van der Waals surface area contributed by atoms with Gasteiger partial charge in [0.25, 0.3) is 0 Å². The van der Waals surface area contributed by atoms with Crippen LogP contribution in [0.3, 0.4) is 0 Å². The summed E-state index contributed by atoms with van der Waals surface area (Å²) < 4.78 is 1.03. The summed E-state index contributed by atoms with van der Waals surface area (Å²) in [6, 6.07) is 5.88. The molecule has 0 spiro atoms. The van der Waals surface area contributed by atoms with E-state index in [1.54, 1.807) is 0 Å². The first kappa shape index (κ1) is 14.8. The Hall–Kier alpha value is -0.580. The van der Waals surface area contributed by atoms with Gasteiger partial charge in [0, 0.05) is 22.5 Å². The lowest BCUT2D eigenvalue weighted by molar-refractivity contribution is -0.138. The van der Waals surface area contributed by atoms with E-state index in [0.29, 0.717) is 12.3 Å². The summed E-state index contributed by atoms with van der Waals surface area (Å²) in [6.45, 7) is 2.72. The smallest absolute Gasteiger partial charge is 0.303 e. The number of carboxylic acid groups (broad SMARTS) is 1. The Labute approximate surface area is 126 Å². The molecule has 1 aromatic rings. The zero-order chi connectivity index (χ0) is 13.8. The van der Waals surface area contributed by atoms with Gasteiger partial charge in [-0.05, 0) is 55.6 Å². The van der Waals surface area contributed by atoms with E-state index in [0.717, 1.165) is 47.5 Å². The first-order chi connectivity index (χ1) is 9.04. The number of piperidine rings is 1. The average Bonchev–Trinajstić information content (AvgIpc) is 2.35. The molecule has 0 aromatic heterocycles. The normalized spacial score (nSPS) is 17.6. The monoisotopic (exact) mass is 345 g/mol. The van der Waals surface area contributed by atoms with Crippen molar-refractivity contribution in [2.75, 3.05) is 13.1 Å². The third-order valence-corrected chi connectivity index (χ3v) is 4.43. The second kappa shape index (κ2) is 6.73. The van der Waals surface area contributed by atoms with Crippen molar-refractivity contribution in [1.29, 1.82) is 0 Å². The maximum atomic E-state index is 10.7. The van der Waals surface area contributed by atoms with E-state index in [-0.39, 0.29) is 0 Å². The first-order valence-electron chi connectivity index (χ1n) is 6.42. The fourth-order valence-corrected chi connectivity index (χ4v) is 3.09. The van der Waals surface area contributed by atoms with Gasteiger partial charge in [0.05, 0.1) is 0 Å². The molecule has 0 atom stereocenters. The molecule has 1 aromatic carbocycles. The van der Waals surface area contributed by atoms with Crippen LogP contribution in [0.1, 0.15) is 24.8 Å². The lowest BCUT2D eigenvalue weighted by Gasteiger charge is -2.31. The number of aliphatic carboxylic acids is 1. The number of halogens is 2. The van der Waals surface area contributed by atoms with Crippen LogP contribution in [0.15, 0.2) is 22.7 Å². The maximum Gasteiger partial charge on any atom is 0.303 e. The molecule has 1 aliphatic heterocycles. The third-order valence-electron chi connectivity index (χ3n) is 3.57. The van der Waals surface area contributed by atoms with Gasteiger partial charge < -0.3 is 5.11 Å². The van der Waals surface area contributed by atoms with Crippen molar-refractivity contribution in [3.8, 4) is 0 Å². The molecular formula is C14H17BrClNO2. The van der Waals surface area contributed by atoms with Crippen LogP contribution in [-0.4, -0.2) is 29.1 Å². The average molecular weight is 347 g/mol. The molecule has 0 unspecified atom stereocenters. The molecule has 0 radical (unpaired) electrons. The lowest BCUT2D eigenvalue weighted by atomic mass is 9.93. The van der Waals surface area contributed by atoms with Crippen LogP contribution in [0, 0.1) is 5.92 Å². The van der Waals surface area contributed by atoms with Gasteiger partial charge in [0.2, 0.25) is 0 Å². The summed E-state index contributed by atoms with van der Waals surface area (Å²) >= 11 is 9.64. The Bertz CT molecular complexity index is 459. The number of nitrogens with zero attached hydrogens (tertiary/aromatic N) is 1. The molecule has 19 heavy (non-hydrogen) atoms. The van der Waals surface area contributed by atoms with E-state index in [1.807, 2.05) is 18.2 Å². The van der Waals surface area contributed by atoms with Gasteiger partial charge in [-0.2, -0.15) is 0 Å². The Morgan fingerprint density at radius 1 is 1.42 bits per heavy atom. The third kappa shape index (κ3) is 4.48. The zero-order valence-electron chi connectivity index (χ0n) is 10.6. The molecule has 0 saturated carbocycles. The van der Waals surface area contributed by atoms with Crippen LogP contribution < -0.4 is 0 Å². The summed E-state index contributed by atoms with van der Waals surface area (Å²) in [7, 11) is 0. The highest BCUT2D eigenvalue weighted by Crippen LogP contribution is 2.26. The number of benzene rings is 1. The lowest BCUT2D eigenvalue weighted by Crippen LogP contribution is -2.34. The summed E-state index contributed by atoms with van der Waals surface area (Å²) in [5, 5.41) is 9.59. The highest BCUT2D eigenvalue weighted by atomic mass is 79.9. The van der Waals surface area contributed by atoms with Gasteiger partial charge in [0.15, 0.2) is 0 Å². The Morgan fingerprint density at radius 3 is 2.74 bits per heavy atom. The van der Waals surface area contributed by atoms with Crippen molar-refractivity contribution in [2.45, 2.75) is 25.8 Å². The van der Waals surface area contributed by atoms with Crippen LogP contribution in [0.25, 0.3) is 0 Å². The minimum atomic E-state index is -0.687. The molecule has 3 nitrogen and oxygen atoms in total. The predicted molar refractivity (Wildman–Crippen MR) is 79.4 cm³/mol. The molecule has 0 amide bonds. The summed E-state index contributed by atoms with van der Waals surface area (Å²) in [4.78, 5) is 13.0.